The number of hydrogen-bond donors (Lipinski definition) is 2. The van der Waals surface area contributed by atoms with Crippen LogP contribution in [-0.4, -0.2) is 69.0 Å². The second-order valence-electron chi connectivity index (χ2n) is 12.0. The third kappa shape index (κ3) is 7.41. The monoisotopic (exact) mass is 562 g/mol. The summed E-state index contributed by atoms with van der Waals surface area (Å²) >= 11 is 0. The van der Waals surface area contributed by atoms with Gasteiger partial charge >= 0.3 is 6.03 Å². The van der Waals surface area contributed by atoms with Gasteiger partial charge in [-0.15, -0.1) is 0 Å². The van der Waals surface area contributed by atoms with E-state index in [4.69, 9.17) is 14.5 Å². The second-order valence-corrected chi connectivity index (χ2v) is 17.6. The molecule has 4 rings (SSSR count). The van der Waals surface area contributed by atoms with Crippen LogP contribution in [0.1, 0.15) is 19.3 Å². The Hall–Kier alpha value is -3.39. The first-order chi connectivity index (χ1) is 19.1. The molecule has 9 nitrogen and oxygen atoms in total. The number of carbonyl (C=O) groups is 1. The standard InChI is InChI=1S/C30H42N6O3Si/c1-35-16-13-30(21-31,14-17-35)12-15-32-29(37)34-27-11-10-24-25(23-8-6-7-9-26(23)38-2)20-36(28(24)33-27)22-39-18-19-40(3,4)5/h6-11,20H,12-19,22H2,1-5H3,(H2,32,33,34,37). The van der Waals surface area contributed by atoms with Crippen molar-refractivity contribution in [3.8, 4) is 22.9 Å². The topological polar surface area (TPSA) is 104 Å². The molecule has 0 radical (unpaired) electrons. The normalized spacial score (nSPS) is 15.5. The van der Waals surface area contributed by atoms with Gasteiger partial charge in [0.1, 0.15) is 23.9 Å². The lowest BCUT2D eigenvalue weighted by Gasteiger charge is -2.35. The number of fused-ring (bicyclic) bond motifs is 1. The van der Waals surface area contributed by atoms with Gasteiger partial charge in [0, 0.05) is 43.9 Å². The highest BCUT2D eigenvalue weighted by atomic mass is 28.3. The van der Waals surface area contributed by atoms with E-state index in [-0.39, 0.29) is 11.4 Å². The van der Waals surface area contributed by atoms with Gasteiger partial charge in [0.25, 0.3) is 0 Å². The van der Waals surface area contributed by atoms with Gasteiger partial charge in [-0.1, -0.05) is 37.8 Å². The highest BCUT2D eigenvalue weighted by Crippen LogP contribution is 2.36. The molecule has 0 atom stereocenters. The van der Waals surface area contributed by atoms with Crippen molar-refractivity contribution in [2.75, 3.05) is 45.7 Å². The summed E-state index contributed by atoms with van der Waals surface area (Å²) in [6.07, 6.45) is 4.33. The average Bonchev–Trinajstić information content (AvgIpc) is 3.29. The van der Waals surface area contributed by atoms with Crippen LogP contribution in [0.3, 0.4) is 0 Å². The number of piperidine rings is 1. The van der Waals surface area contributed by atoms with Gasteiger partial charge in [-0.05, 0) is 63.6 Å². The first-order valence-electron chi connectivity index (χ1n) is 14.0. The van der Waals surface area contributed by atoms with Crippen LogP contribution in [0.4, 0.5) is 10.6 Å². The number of pyridine rings is 1. The number of nitrogens with one attached hydrogen (secondary N) is 2. The molecule has 0 bridgehead atoms. The molecule has 0 saturated carbocycles. The van der Waals surface area contributed by atoms with Crippen LogP contribution >= 0.6 is 0 Å². The molecule has 0 spiro atoms. The van der Waals surface area contributed by atoms with Crippen molar-refractivity contribution in [3.63, 3.8) is 0 Å². The molecule has 40 heavy (non-hydrogen) atoms. The number of anilines is 1. The molecule has 1 aliphatic rings. The number of likely N-dealkylation sites (tertiary alicyclic amines) is 1. The number of nitrogens with zero attached hydrogens (tertiary/aromatic N) is 4. The largest absolute Gasteiger partial charge is 0.496 e. The lowest BCUT2D eigenvalue weighted by atomic mass is 9.77. The number of hydrogen-bond acceptors (Lipinski definition) is 6. The maximum absolute atomic E-state index is 12.7. The van der Waals surface area contributed by atoms with Gasteiger partial charge in [-0.3, -0.25) is 5.32 Å². The molecule has 1 saturated heterocycles. The summed E-state index contributed by atoms with van der Waals surface area (Å²) in [7, 11) is 2.53. The number of nitriles is 1. The molecule has 3 heterocycles. The van der Waals surface area contributed by atoms with E-state index in [0.29, 0.717) is 32.1 Å². The molecule has 10 heteroatoms. The van der Waals surface area contributed by atoms with Crippen molar-refractivity contribution in [3.05, 3.63) is 42.6 Å². The predicted molar refractivity (Wildman–Crippen MR) is 162 cm³/mol. The molecule has 1 aromatic carbocycles. The SMILES string of the molecule is COc1ccccc1-c1cn(COCC[Si](C)(C)C)c2nc(NC(=O)NCCC3(C#N)CCN(C)CC3)ccc12. The molecule has 1 aliphatic heterocycles. The fourth-order valence-electron chi connectivity index (χ4n) is 5.00. The van der Waals surface area contributed by atoms with Crippen molar-refractivity contribution in [2.24, 2.45) is 5.41 Å². The third-order valence-electron chi connectivity index (χ3n) is 7.66. The van der Waals surface area contributed by atoms with E-state index in [2.05, 4.69) is 48.3 Å². The molecule has 3 aromatic rings. The Morgan fingerprint density at radius 3 is 2.60 bits per heavy atom. The summed E-state index contributed by atoms with van der Waals surface area (Å²) in [6.45, 7) is 10.3. The van der Waals surface area contributed by atoms with Crippen LogP contribution in [0.25, 0.3) is 22.2 Å². The van der Waals surface area contributed by atoms with E-state index in [1.54, 1.807) is 7.11 Å². The maximum Gasteiger partial charge on any atom is 0.320 e. The van der Waals surface area contributed by atoms with Crippen molar-refractivity contribution in [1.82, 2.24) is 19.8 Å². The summed E-state index contributed by atoms with van der Waals surface area (Å²) in [5.74, 6) is 1.23. The quantitative estimate of drug-likeness (QED) is 0.227. The van der Waals surface area contributed by atoms with Gasteiger partial charge < -0.3 is 24.3 Å². The smallest absolute Gasteiger partial charge is 0.320 e. The van der Waals surface area contributed by atoms with Gasteiger partial charge in [0.2, 0.25) is 0 Å². The minimum atomic E-state index is -1.21. The molecule has 2 aromatic heterocycles. The Morgan fingerprint density at radius 1 is 1.15 bits per heavy atom. The Balaban J connectivity index is 1.49. The summed E-state index contributed by atoms with van der Waals surface area (Å²) in [4.78, 5) is 19.8. The van der Waals surface area contributed by atoms with Gasteiger partial charge in [0.15, 0.2) is 0 Å². The van der Waals surface area contributed by atoms with Crippen LogP contribution in [0, 0.1) is 16.7 Å². The van der Waals surface area contributed by atoms with Crippen LogP contribution in [0.5, 0.6) is 5.75 Å². The summed E-state index contributed by atoms with van der Waals surface area (Å²) in [5, 5.41) is 16.5. The van der Waals surface area contributed by atoms with Crippen LogP contribution < -0.4 is 15.4 Å². The Labute approximate surface area is 238 Å². The number of methoxy groups -OCH3 is 1. The minimum absolute atomic E-state index is 0.331. The number of rotatable bonds is 11. The summed E-state index contributed by atoms with van der Waals surface area (Å²) in [5.41, 5.74) is 2.31. The van der Waals surface area contributed by atoms with E-state index in [1.807, 2.05) is 47.2 Å². The summed E-state index contributed by atoms with van der Waals surface area (Å²) < 4.78 is 13.7. The van der Waals surface area contributed by atoms with E-state index in [0.717, 1.165) is 59.9 Å². The van der Waals surface area contributed by atoms with Crippen molar-refractivity contribution in [1.29, 1.82) is 5.26 Å². The number of aromatic nitrogens is 2. The Bertz CT molecular complexity index is 1350. The van der Waals surface area contributed by atoms with Crippen molar-refractivity contribution < 1.29 is 14.3 Å². The number of benzene rings is 1. The van der Waals surface area contributed by atoms with E-state index in [1.165, 1.54) is 0 Å². The number of urea groups is 1. The molecule has 2 N–H and O–H groups in total. The molecule has 2 amide bonds. The predicted octanol–water partition coefficient (Wildman–Crippen LogP) is 5.77. The van der Waals surface area contributed by atoms with E-state index in [9.17, 15) is 10.1 Å². The Morgan fingerprint density at radius 2 is 1.90 bits per heavy atom. The molecule has 1 fully saturated rings. The van der Waals surface area contributed by atoms with Crippen LogP contribution in [0.2, 0.25) is 25.7 Å². The fourth-order valence-corrected chi connectivity index (χ4v) is 5.75. The maximum atomic E-state index is 12.7. The van der Waals surface area contributed by atoms with Crippen LogP contribution in [-0.2, 0) is 11.5 Å². The summed E-state index contributed by atoms with van der Waals surface area (Å²) in [6, 6.07) is 15.0. The lowest BCUT2D eigenvalue weighted by molar-refractivity contribution is 0.0899. The van der Waals surface area contributed by atoms with Gasteiger partial charge in [-0.25, -0.2) is 9.78 Å². The first-order valence-corrected chi connectivity index (χ1v) is 17.7. The van der Waals surface area contributed by atoms with E-state index < -0.39 is 8.07 Å². The van der Waals surface area contributed by atoms with Gasteiger partial charge in [0.05, 0.1) is 18.6 Å². The highest BCUT2D eigenvalue weighted by molar-refractivity contribution is 6.76. The van der Waals surface area contributed by atoms with Gasteiger partial charge in [-0.2, -0.15) is 5.26 Å². The minimum Gasteiger partial charge on any atom is -0.496 e. The van der Waals surface area contributed by atoms with Crippen molar-refractivity contribution in [2.45, 2.75) is 51.7 Å². The van der Waals surface area contributed by atoms with Crippen LogP contribution in [0.15, 0.2) is 42.6 Å². The molecule has 0 aliphatic carbocycles. The number of para-hydroxylation sites is 1. The first kappa shape index (κ1) is 29.6. The zero-order valence-corrected chi connectivity index (χ0v) is 25.4. The number of ether oxygens (including phenoxy) is 2. The highest BCUT2D eigenvalue weighted by Gasteiger charge is 2.33. The lowest BCUT2D eigenvalue weighted by Crippen LogP contribution is -2.40. The third-order valence-corrected chi connectivity index (χ3v) is 9.36. The number of amides is 2. The average molecular weight is 563 g/mol. The zero-order valence-electron chi connectivity index (χ0n) is 24.4. The molecular weight excluding hydrogens is 520 g/mol. The Kier molecular flexibility index (Phi) is 9.50. The fraction of sp³-hybridized carbons (Fsp3) is 0.500. The molecular formula is C30H42N6O3Si. The molecule has 214 valence electrons. The zero-order chi connectivity index (χ0) is 28.8. The second kappa shape index (κ2) is 12.9. The van der Waals surface area contributed by atoms with E-state index >= 15 is 0 Å². The van der Waals surface area contributed by atoms with Crippen molar-refractivity contribution >= 4 is 31.0 Å². The molecule has 0 unspecified atom stereocenters. The number of carbonyl (C=O) groups excluding carboxylic acids is 1.